The van der Waals surface area contributed by atoms with Gasteiger partial charge in [0.25, 0.3) is 0 Å². The number of nitrogens with zero attached hydrogens (tertiary/aromatic N) is 3. The van der Waals surface area contributed by atoms with Crippen LogP contribution in [0.2, 0.25) is 0 Å². The molecular weight excluding hydrogens is 302 g/mol. The third-order valence-corrected chi connectivity index (χ3v) is 3.72. The molecule has 7 nitrogen and oxygen atoms in total. The van der Waals surface area contributed by atoms with Crippen LogP contribution >= 0.6 is 11.8 Å². The number of aromatic nitrogens is 3. The van der Waals surface area contributed by atoms with E-state index in [1.54, 1.807) is 11.3 Å². The quantitative estimate of drug-likeness (QED) is 0.842. The van der Waals surface area contributed by atoms with Gasteiger partial charge in [0.1, 0.15) is 0 Å². The van der Waals surface area contributed by atoms with Gasteiger partial charge in [-0.25, -0.2) is 4.79 Å². The van der Waals surface area contributed by atoms with Gasteiger partial charge in [-0.3, -0.25) is 14.5 Å². The van der Waals surface area contributed by atoms with E-state index in [-0.39, 0.29) is 5.91 Å². The largest absolute Gasteiger partial charge is 0.333 e. The summed E-state index contributed by atoms with van der Waals surface area (Å²) < 4.78 is 1.80. The zero-order valence-corrected chi connectivity index (χ0v) is 13.8. The lowest BCUT2D eigenvalue weighted by molar-refractivity contribution is -0.119. The first-order valence-corrected chi connectivity index (χ1v) is 7.74. The Morgan fingerprint density at radius 2 is 2.00 bits per heavy atom. The summed E-state index contributed by atoms with van der Waals surface area (Å²) >= 11 is 1.25. The third kappa shape index (κ3) is 4.20. The first kappa shape index (κ1) is 16.3. The number of urea groups is 1. The summed E-state index contributed by atoms with van der Waals surface area (Å²) in [4.78, 5) is 23.8. The van der Waals surface area contributed by atoms with Gasteiger partial charge in [0, 0.05) is 11.7 Å². The SMILES string of the molecule is CC(Sc1nnc2ccccn12)C(=O)NC(=O)NC(C)(C)C. The lowest BCUT2D eigenvalue weighted by Gasteiger charge is -2.21. The molecule has 2 aromatic heterocycles. The maximum Gasteiger partial charge on any atom is 0.321 e. The number of carbonyl (C=O) groups is 2. The molecule has 0 saturated carbocycles. The lowest BCUT2D eigenvalue weighted by Crippen LogP contribution is -2.49. The zero-order valence-electron chi connectivity index (χ0n) is 13.0. The minimum atomic E-state index is -0.504. The van der Waals surface area contributed by atoms with Crippen LogP contribution in [0.25, 0.3) is 5.65 Å². The lowest BCUT2D eigenvalue weighted by atomic mass is 10.1. The zero-order chi connectivity index (χ0) is 16.3. The van der Waals surface area contributed by atoms with Crippen molar-refractivity contribution in [3.63, 3.8) is 0 Å². The van der Waals surface area contributed by atoms with Crippen molar-refractivity contribution in [3.8, 4) is 0 Å². The van der Waals surface area contributed by atoms with Crippen LogP contribution in [0, 0.1) is 0 Å². The number of nitrogens with one attached hydrogen (secondary N) is 2. The summed E-state index contributed by atoms with van der Waals surface area (Å²) in [6, 6.07) is 5.06. The minimum absolute atomic E-state index is 0.376. The molecule has 0 aliphatic rings. The van der Waals surface area contributed by atoms with Gasteiger partial charge in [0.2, 0.25) is 5.91 Å². The van der Waals surface area contributed by atoms with E-state index in [4.69, 9.17) is 0 Å². The Labute approximate surface area is 132 Å². The molecule has 1 unspecified atom stereocenters. The van der Waals surface area contributed by atoms with Gasteiger partial charge in [0.15, 0.2) is 10.8 Å². The summed E-state index contributed by atoms with van der Waals surface area (Å²) in [6.07, 6.45) is 1.83. The number of rotatable bonds is 3. The molecule has 8 heteroatoms. The molecule has 0 aliphatic carbocycles. The number of hydrogen-bond acceptors (Lipinski definition) is 5. The van der Waals surface area contributed by atoms with Crippen molar-refractivity contribution in [2.75, 3.05) is 0 Å². The summed E-state index contributed by atoms with van der Waals surface area (Å²) in [5.74, 6) is -0.376. The van der Waals surface area contributed by atoms with Crippen LogP contribution in [0.3, 0.4) is 0 Å². The molecule has 22 heavy (non-hydrogen) atoms. The van der Waals surface area contributed by atoms with Crippen LogP contribution in [0.4, 0.5) is 4.79 Å². The van der Waals surface area contributed by atoms with Gasteiger partial charge in [-0.1, -0.05) is 17.8 Å². The van der Waals surface area contributed by atoms with Crippen LogP contribution in [-0.2, 0) is 4.79 Å². The first-order chi connectivity index (χ1) is 10.3. The highest BCUT2D eigenvalue weighted by Crippen LogP contribution is 2.21. The van der Waals surface area contributed by atoms with E-state index in [0.29, 0.717) is 10.8 Å². The summed E-state index contributed by atoms with van der Waals surface area (Å²) in [7, 11) is 0. The number of imide groups is 1. The predicted octanol–water partition coefficient (Wildman–Crippen LogP) is 1.83. The molecule has 2 aromatic rings. The van der Waals surface area contributed by atoms with E-state index in [2.05, 4.69) is 20.8 Å². The molecule has 0 spiro atoms. The van der Waals surface area contributed by atoms with E-state index >= 15 is 0 Å². The standard InChI is InChI=1S/C14H19N5O2S/c1-9(11(20)15-12(21)16-14(2,3)4)22-13-18-17-10-7-5-6-8-19(10)13/h5-9H,1-4H3,(H2,15,16,20,21). The molecular formula is C14H19N5O2S. The normalized spacial score (nSPS) is 12.9. The summed E-state index contributed by atoms with van der Waals surface area (Å²) in [6.45, 7) is 7.25. The van der Waals surface area contributed by atoms with Crippen molar-refractivity contribution in [1.82, 2.24) is 25.2 Å². The number of pyridine rings is 1. The molecule has 0 fully saturated rings. The van der Waals surface area contributed by atoms with Gasteiger partial charge in [-0.05, 0) is 39.8 Å². The molecule has 0 radical (unpaired) electrons. The monoisotopic (exact) mass is 321 g/mol. The fraction of sp³-hybridized carbons (Fsp3) is 0.429. The van der Waals surface area contributed by atoms with Gasteiger partial charge < -0.3 is 5.32 Å². The molecule has 0 saturated heterocycles. The van der Waals surface area contributed by atoms with Crippen LogP contribution in [0.15, 0.2) is 29.6 Å². The van der Waals surface area contributed by atoms with Crippen molar-refractivity contribution < 1.29 is 9.59 Å². The van der Waals surface area contributed by atoms with Crippen LogP contribution in [-0.4, -0.2) is 37.3 Å². The van der Waals surface area contributed by atoms with Crippen LogP contribution in [0.1, 0.15) is 27.7 Å². The number of fused-ring (bicyclic) bond motifs is 1. The Balaban J connectivity index is 1.98. The van der Waals surface area contributed by atoms with Gasteiger partial charge >= 0.3 is 6.03 Å². The summed E-state index contributed by atoms with van der Waals surface area (Å²) in [5, 5.41) is 13.2. The van der Waals surface area contributed by atoms with E-state index in [1.165, 1.54) is 11.8 Å². The first-order valence-electron chi connectivity index (χ1n) is 6.86. The van der Waals surface area contributed by atoms with E-state index in [1.807, 2.05) is 45.2 Å². The summed E-state index contributed by atoms with van der Waals surface area (Å²) in [5.41, 5.74) is 0.312. The molecule has 0 aliphatic heterocycles. The fourth-order valence-corrected chi connectivity index (χ4v) is 2.53. The minimum Gasteiger partial charge on any atom is -0.333 e. The molecule has 2 rings (SSSR count). The highest BCUT2D eigenvalue weighted by atomic mass is 32.2. The number of hydrogen-bond donors (Lipinski definition) is 2. The second kappa shape index (κ2) is 6.35. The highest BCUT2D eigenvalue weighted by Gasteiger charge is 2.21. The van der Waals surface area contributed by atoms with Gasteiger partial charge in [-0.2, -0.15) is 0 Å². The smallest absolute Gasteiger partial charge is 0.321 e. The maximum absolute atomic E-state index is 12.1. The number of thioether (sulfide) groups is 1. The maximum atomic E-state index is 12.1. The Kier molecular flexibility index (Phi) is 4.70. The average molecular weight is 321 g/mol. The van der Waals surface area contributed by atoms with E-state index in [0.717, 1.165) is 0 Å². The molecule has 0 aromatic carbocycles. The van der Waals surface area contributed by atoms with E-state index < -0.39 is 16.8 Å². The molecule has 0 bridgehead atoms. The van der Waals surface area contributed by atoms with Crippen LogP contribution in [0.5, 0.6) is 0 Å². The highest BCUT2D eigenvalue weighted by molar-refractivity contribution is 8.00. The predicted molar refractivity (Wildman–Crippen MR) is 84.7 cm³/mol. The molecule has 118 valence electrons. The van der Waals surface area contributed by atoms with Crippen molar-refractivity contribution in [2.45, 2.75) is 43.6 Å². The average Bonchev–Trinajstić information content (AvgIpc) is 2.80. The topological polar surface area (TPSA) is 88.4 Å². The molecule has 2 N–H and O–H groups in total. The van der Waals surface area contributed by atoms with Gasteiger partial charge in [0.05, 0.1) is 5.25 Å². The Morgan fingerprint density at radius 1 is 1.27 bits per heavy atom. The Hall–Kier alpha value is -2.09. The second-order valence-corrected chi connectivity index (χ2v) is 7.17. The van der Waals surface area contributed by atoms with Crippen molar-refractivity contribution in [2.24, 2.45) is 0 Å². The van der Waals surface area contributed by atoms with Gasteiger partial charge in [-0.15, -0.1) is 10.2 Å². The van der Waals surface area contributed by atoms with Crippen LogP contribution < -0.4 is 10.6 Å². The fourth-order valence-electron chi connectivity index (χ4n) is 1.70. The molecule has 3 amide bonds. The number of carbonyl (C=O) groups excluding carboxylic acids is 2. The molecule has 2 heterocycles. The van der Waals surface area contributed by atoms with Crippen molar-refractivity contribution in [1.29, 1.82) is 0 Å². The second-order valence-electron chi connectivity index (χ2n) is 5.86. The Morgan fingerprint density at radius 3 is 2.68 bits per heavy atom. The third-order valence-electron chi connectivity index (χ3n) is 2.66. The van der Waals surface area contributed by atoms with Crippen molar-refractivity contribution in [3.05, 3.63) is 24.4 Å². The van der Waals surface area contributed by atoms with E-state index in [9.17, 15) is 9.59 Å². The number of amides is 3. The molecule has 1 atom stereocenters. The Bertz CT molecular complexity index is 692. The van der Waals surface area contributed by atoms with Crippen molar-refractivity contribution >= 4 is 29.3 Å².